The summed E-state index contributed by atoms with van der Waals surface area (Å²) in [4.78, 5) is 19.2. The smallest absolute Gasteiger partial charge is 0.439 e. The summed E-state index contributed by atoms with van der Waals surface area (Å²) in [5, 5.41) is 7.41. The highest BCUT2D eigenvalue weighted by atomic mass is 32.2. The lowest BCUT2D eigenvalue weighted by Gasteiger charge is -2.10. The van der Waals surface area contributed by atoms with Gasteiger partial charge in [0.05, 0.1) is 28.8 Å². The standard InChI is InChI=1S/C24H23F3N4O5S2/c1-34-19-11-16(7-8-17(19)21-30-23(32)36-31-21)35-13-20-18(12-28-9-10-38(2)33)29-22(37-20)14-3-5-15(6-4-14)24(25,26)27/h3-8,11,28H,9-10,12-13H2,1-2H3,(H,30,31,32). The molecule has 0 fully saturated rings. The first kappa shape index (κ1) is 27.5. The number of rotatable bonds is 11. The number of halogens is 3. The van der Waals surface area contributed by atoms with Gasteiger partial charge in [-0.05, 0) is 24.3 Å². The maximum Gasteiger partial charge on any atom is 0.439 e. The Morgan fingerprint density at radius 2 is 1.95 bits per heavy atom. The van der Waals surface area contributed by atoms with Crippen molar-refractivity contribution in [3.63, 3.8) is 0 Å². The molecule has 2 aromatic heterocycles. The van der Waals surface area contributed by atoms with Crippen LogP contribution in [-0.4, -0.2) is 45.0 Å². The molecular formula is C24H23F3N4O5S2. The second-order valence-electron chi connectivity index (χ2n) is 8.01. The van der Waals surface area contributed by atoms with Crippen LogP contribution in [0.2, 0.25) is 0 Å². The van der Waals surface area contributed by atoms with E-state index in [0.29, 0.717) is 52.2 Å². The molecule has 2 heterocycles. The summed E-state index contributed by atoms with van der Waals surface area (Å²) >= 11 is 1.31. The molecule has 0 saturated heterocycles. The highest BCUT2D eigenvalue weighted by Gasteiger charge is 2.30. The van der Waals surface area contributed by atoms with Crippen LogP contribution in [0.3, 0.4) is 0 Å². The molecule has 0 radical (unpaired) electrons. The first-order valence-electron chi connectivity index (χ1n) is 11.2. The van der Waals surface area contributed by atoms with Crippen LogP contribution < -0.4 is 20.5 Å². The van der Waals surface area contributed by atoms with Crippen molar-refractivity contribution in [3.8, 4) is 33.5 Å². The van der Waals surface area contributed by atoms with Gasteiger partial charge in [-0.25, -0.2) is 9.78 Å². The number of H-pyrrole nitrogens is 1. The van der Waals surface area contributed by atoms with Gasteiger partial charge in [0.25, 0.3) is 0 Å². The van der Waals surface area contributed by atoms with E-state index in [1.165, 1.54) is 30.6 Å². The summed E-state index contributed by atoms with van der Waals surface area (Å²) in [6.07, 6.45) is -2.80. The van der Waals surface area contributed by atoms with Gasteiger partial charge in [-0.15, -0.1) is 11.3 Å². The average molecular weight is 569 g/mol. The molecule has 9 nitrogen and oxygen atoms in total. The van der Waals surface area contributed by atoms with Crippen LogP contribution in [0.15, 0.2) is 51.8 Å². The lowest BCUT2D eigenvalue weighted by atomic mass is 10.1. The number of alkyl halides is 3. The van der Waals surface area contributed by atoms with Gasteiger partial charge in [0.15, 0.2) is 5.82 Å². The molecule has 1 unspecified atom stereocenters. The predicted molar refractivity (Wildman–Crippen MR) is 137 cm³/mol. The molecule has 2 aromatic carbocycles. The van der Waals surface area contributed by atoms with Crippen molar-refractivity contribution in [3.05, 3.63) is 69.1 Å². The predicted octanol–water partition coefficient (Wildman–Crippen LogP) is 4.23. The number of nitrogens with zero attached hydrogens (tertiary/aromatic N) is 2. The Kier molecular flexibility index (Phi) is 8.64. The van der Waals surface area contributed by atoms with Crippen molar-refractivity contribution in [2.75, 3.05) is 25.7 Å². The van der Waals surface area contributed by atoms with Gasteiger partial charge < -0.3 is 14.8 Å². The summed E-state index contributed by atoms with van der Waals surface area (Å²) in [5.41, 5.74) is 1.00. The number of benzene rings is 2. The molecule has 4 rings (SSSR count). The van der Waals surface area contributed by atoms with Crippen LogP contribution in [0.4, 0.5) is 13.2 Å². The number of nitrogens with one attached hydrogen (secondary N) is 2. The van der Waals surface area contributed by atoms with Crippen molar-refractivity contribution < 1.29 is 31.4 Å². The molecule has 4 aromatic rings. The van der Waals surface area contributed by atoms with Crippen LogP contribution in [0, 0.1) is 0 Å². The van der Waals surface area contributed by atoms with Crippen LogP contribution in [0.25, 0.3) is 22.0 Å². The fourth-order valence-electron chi connectivity index (χ4n) is 3.43. The number of hydrogen-bond donors (Lipinski definition) is 2. The number of aromatic nitrogens is 3. The molecule has 0 bridgehead atoms. The molecule has 0 saturated carbocycles. The maximum atomic E-state index is 13.0. The number of methoxy groups -OCH3 is 1. The molecule has 0 aliphatic heterocycles. The van der Waals surface area contributed by atoms with Crippen LogP contribution in [-0.2, 0) is 30.1 Å². The minimum Gasteiger partial charge on any atom is -0.496 e. The van der Waals surface area contributed by atoms with E-state index in [1.807, 2.05) is 0 Å². The summed E-state index contributed by atoms with van der Waals surface area (Å²) in [6.45, 7) is 1.02. The normalized spacial score (nSPS) is 12.4. The highest BCUT2D eigenvalue weighted by Crippen LogP contribution is 2.35. The third kappa shape index (κ3) is 6.88. The van der Waals surface area contributed by atoms with Crippen molar-refractivity contribution in [2.24, 2.45) is 0 Å². The Morgan fingerprint density at radius 1 is 1.18 bits per heavy atom. The number of hydrogen-bond acceptors (Lipinski definition) is 9. The zero-order valence-corrected chi connectivity index (χ0v) is 21.9. The van der Waals surface area contributed by atoms with Gasteiger partial charge in [-0.3, -0.25) is 13.7 Å². The number of aromatic amines is 1. The second kappa shape index (κ2) is 11.9. The van der Waals surface area contributed by atoms with Crippen molar-refractivity contribution in [1.29, 1.82) is 0 Å². The second-order valence-corrected chi connectivity index (χ2v) is 10.7. The molecular weight excluding hydrogens is 545 g/mol. The number of ether oxygens (including phenoxy) is 2. The molecule has 38 heavy (non-hydrogen) atoms. The third-order valence-electron chi connectivity index (χ3n) is 5.33. The summed E-state index contributed by atoms with van der Waals surface area (Å²) in [5.74, 6) is 0.869. The SMILES string of the molecule is COc1cc(OCc2sc(-c3ccc(C(F)(F)F)cc3)nc2CNCCS(C)=O)ccc1-c1noc(=O)[nH]1. The Labute approximate surface area is 221 Å². The van der Waals surface area contributed by atoms with Crippen molar-refractivity contribution in [2.45, 2.75) is 19.3 Å². The largest absolute Gasteiger partial charge is 0.496 e. The molecule has 0 amide bonds. The van der Waals surface area contributed by atoms with E-state index in [9.17, 15) is 22.2 Å². The minimum absolute atomic E-state index is 0.137. The van der Waals surface area contributed by atoms with E-state index in [1.54, 1.807) is 24.5 Å². The van der Waals surface area contributed by atoms with E-state index in [0.717, 1.165) is 17.0 Å². The van der Waals surface area contributed by atoms with E-state index in [4.69, 9.17) is 9.47 Å². The Hall–Kier alpha value is -3.49. The van der Waals surface area contributed by atoms with Crippen LogP contribution >= 0.6 is 11.3 Å². The Bertz CT molecular complexity index is 1460. The zero-order chi connectivity index (χ0) is 27.3. The van der Waals surface area contributed by atoms with Crippen LogP contribution in [0.1, 0.15) is 16.1 Å². The van der Waals surface area contributed by atoms with Crippen LogP contribution in [0.5, 0.6) is 11.5 Å². The fraction of sp³-hybridized carbons (Fsp3) is 0.292. The summed E-state index contributed by atoms with van der Waals surface area (Å²) in [7, 11) is 0.518. The fourth-order valence-corrected chi connectivity index (χ4v) is 4.86. The monoisotopic (exact) mass is 568 g/mol. The van der Waals surface area contributed by atoms with Crippen molar-refractivity contribution >= 4 is 22.1 Å². The number of thiazole rings is 1. The van der Waals surface area contributed by atoms with Gasteiger partial charge in [0, 0.05) is 47.5 Å². The topological polar surface area (TPSA) is 119 Å². The zero-order valence-electron chi connectivity index (χ0n) is 20.3. The lowest BCUT2D eigenvalue weighted by Crippen LogP contribution is -2.20. The molecule has 0 aliphatic carbocycles. The molecule has 2 N–H and O–H groups in total. The lowest BCUT2D eigenvalue weighted by molar-refractivity contribution is -0.137. The molecule has 1 atom stereocenters. The quantitative estimate of drug-likeness (QED) is 0.258. The Balaban J connectivity index is 1.55. The first-order valence-corrected chi connectivity index (χ1v) is 13.7. The van der Waals surface area contributed by atoms with Gasteiger partial charge in [0.2, 0.25) is 0 Å². The van der Waals surface area contributed by atoms with Gasteiger partial charge in [-0.1, -0.05) is 17.3 Å². The summed E-state index contributed by atoms with van der Waals surface area (Å²) < 4.78 is 66.2. The van der Waals surface area contributed by atoms with E-state index in [-0.39, 0.29) is 12.4 Å². The molecule has 14 heteroatoms. The van der Waals surface area contributed by atoms with E-state index >= 15 is 0 Å². The van der Waals surface area contributed by atoms with Gasteiger partial charge >= 0.3 is 11.9 Å². The van der Waals surface area contributed by atoms with E-state index in [2.05, 4.69) is 25.0 Å². The first-order chi connectivity index (χ1) is 18.1. The van der Waals surface area contributed by atoms with Gasteiger partial charge in [-0.2, -0.15) is 13.2 Å². The Morgan fingerprint density at radius 3 is 2.58 bits per heavy atom. The molecule has 202 valence electrons. The minimum atomic E-state index is -4.42. The highest BCUT2D eigenvalue weighted by molar-refractivity contribution is 7.84. The molecule has 0 spiro atoms. The average Bonchev–Trinajstić information content (AvgIpc) is 3.50. The maximum absolute atomic E-state index is 13.0. The summed E-state index contributed by atoms with van der Waals surface area (Å²) in [6, 6.07) is 9.80. The van der Waals surface area contributed by atoms with Crippen molar-refractivity contribution in [1.82, 2.24) is 20.4 Å². The third-order valence-corrected chi connectivity index (χ3v) is 7.23. The molecule has 0 aliphatic rings. The van der Waals surface area contributed by atoms with E-state index < -0.39 is 28.3 Å². The van der Waals surface area contributed by atoms with Gasteiger partial charge in [0.1, 0.15) is 23.1 Å².